The lowest BCUT2D eigenvalue weighted by Crippen LogP contribution is -2.59. The molecule has 5 heteroatoms. The summed E-state index contributed by atoms with van der Waals surface area (Å²) >= 11 is 0. The summed E-state index contributed by atoms with van der Waals surface area (Å²) in [5.41, 5.74) is -2.02. The molecule has 0 aliphatic carbocycles. The highest BCUT2D eigenvalue weighted by Gasteiger charge is 2.54. The summed E-state index contributed by atoms with van der Waals surface area (Å²) in [6.45, 7) is 3.00. The van der Waals surface area contributed by atoms with Crippen LogP contribution in [0.25, 0.3) is 0 Å². The molecule has 0 aromatic carbocycles. The fraction of sp³-hybridized carbons (Fsp3) is 1.00. The Bertz CT molecular complexity index is 171. The molecule has 0 radical (unpaired) electrons. The van der Waals surface area contributed by atoms with Crippen LogP contribution in [-0.4, -0.2) is 31.0 Å². The quantitative estimate of drug-likeness (QED) is 0.611. The zero-order valence-corrected chi connectivity index (χ0v) is 7.03. The predicted molar refractivity (Wildman–Crippen MR) is 37.9 cm³/mol. The topological polar surface area (TPSA) is 21.3 Å². The number of morpholine rings is 1. The van der Waals surface area contributed by atoms with Gasteiger partial charge in [0, 0.05) is 13.1 Å². The Balaban J connectivity index is 2.70. The van der Waals surface area contributed by atoms with Crippen molar-refractivity contribution in [1.29, 1.82) is 0 Å². The van der Waals surface area contributed by atoms with Gasteiger partial charge in [-0.15, -0.1) is 0 Å². The van der Waals surface area contributed by atoms with E-state index in [1.807, 2.05) is 0 Å². The molecule has 12 heavy (non-hydrogen) atoms. The van der Waals surface area contributed by atoms with Crippen LogP contribution in [0.5, 0.6) is 0 Å². The maximum absolute atomic E-state index is 12.3. The normalized spacial score (nSPS) is 38.2. The van der Waals surface area contributed by atoms with Gasteiger partial charge >= 0.3 is 6.18 Å². The molecule has 0 aromatic rings. The average molecular weight is 183 g/mol. The Morgan fingerprint density at radius 3 is 2.42 bits per heavy atom. The molecule has 1 aliphatic rings. The molecule has 2 nitrogen and oxygen atoms in total. The van der Waals surface area contributed by atoms with Gasteiger partial charge in [-0.2, -0.15) is 13.2 Å². The number of halogens is 3. The van der Waals surface area contributed by atoms with Crippen molar-refractivity contribution in [3.05, 3.63) is 0 Å². The minimum atomic E-state index is -4.30. The molecule has 1 saturated heterocycles. The standard InChI is InChI=1S/C7H12F3NO/c1-5-3-11-4-6(2,12-5)7(8,9)10/h5,11H,3-4H2,1-2H3/t5-,6-/m1/s1. The smallest absolute Gasteiger partial charge is 0.360 e. The third-order valence-corrected chi connectivity index (χ3v) is 1.96. The number of alkyl halides is 3. The van der Waals surface area contributed by atoms with Gasteiger partial charge in [0.2, 0.25) is 0 Å². The molecule has 1 N–H and O–H groups in total. The summed E-state index contributed by atoms with van der Waals surface area (Å²) < 4.78 is 41.9. The van der Waals surface area contributed by atoms with Crippen LogP contribution in [0.2, 0.25) is 0 Å². The van der Waals surface area contributed by atoms with Crippen molar-refractivity contribution in [3.63, 3.8) is 0 Å². The maximum atomic E-state index is 12.3. The molecule has 1 aliphatic heterocycles. The predicted octanol–water partition coefficient (Wildman–Crippen LogP) is 1.32. The van der Waals surface area contributed by atoms with E-state index in [0.717, 1.165) is 6.92 Å². The lowest BCUT2D eigenvalue weighted by Gasteiger charge is -2.39. The van der Waals surface area contributed by atoms with E-state index in [-0.39, 0.29) is 12.6 Å². The minimum Gasteiger partial charge on any atom is -0.360 e. The van der Waals surface area contributed by atoms with Crippen molar-refractivity contribution < 1.29 is 17.9 Å². The molecule has 1 rings (SSSR count). The van der Waals surface area contributed by atoms with Gasteiger partial charge in [-0.3, -0.25) is 0 Å². The first-order valence-corrected chi connectivity index (χ1v) is 3.80. The molecular formula is C7H12F3NO. The van der Waals surface area contributed by atoms with Crippen molar-refractivity contribution in [3.8, 4) is 0 Å². The van der Waals surface area contributed by atoms with E-state index in [9.17, 15) is 13.2 Å². The van der Waals surface area contributed by atoms with Crippen molar-refractivity contribution in [2.24, 2.45) is 0 Å². The first-order valence-electron chi connectivity index (χ1n) is 3.80. The van der Waals surface area contributed by atoms with Gasteiger partial charge in [0.05, 0.1) is 6.10 Å². The largest absolute Gasteiger partial charge is 0.418 e. The Morgan fingerprint density at radius 2 is 2.08 bits per heavy atom. The molecule has 0 unspecified atom stereocenters. The molecule has 1 fully saturated rings. The minimum absolute atomic E-state index is 0.166. The van der Waals surface area contributed by atoms with Gasteiger partial charge in [0.1, 0.15) is 0 Å². The van der Waals surface area contributed by atoms with E-state index in [0.29, 0.717) is 6.54 Å². The van der Waals surface area contributed by atoms with E-state index in [1.54, 1.807) is 6.92 Å². The zero-order valence-electron chi connectivity index (χ0n) is 7.03. The highest BCUT2D eigenvalue weighted by Crippen LogP contribution is 2.35. The van der Waals surface area contributed by atoms with Crippen LogP contribution in [0.1, 0.15) is 13.8 Å². The number of hydrogen-bond donors (Lipinski definition) is 1. The number of ether oxygens (including phenoxy) is 1. The van der Waals surface area contributed by atoms with Crippen LogP contribution < -0.4 is 5.32 Å². The van der Waals surface area contributed by atoms with Gasteiger partial charge in [0.15, 0.2) is 5.60 Å². The highest BCUT2D eigenvalue weighted by molar-refractivity contribution is 4.90. The molecule has 0 spiro atoms. The number of hydrogen-bond acceptors (Lipinski definition) is 2. The summed E-state index contributed by atoms with van der Waals surface area (Å²) in [4.78, 5) is 0. The van der Waals surface area contributed by atoms with Crippen LogP contribution >= 0.6 is 0 Å². The Kier molecular flexibility index (Phi) is 2.35. The molecule has 0 bridgehead atoms. The second kappa shape index (κ2) is 2.88. The molecule has 2 atom stereocenters. The first kappa shape index (κ1) is 9.80. The van der Waals surface area contributed by atoms with E-state index < -0.39 is 11.8 Å². The third kappa shape index (κ3) is 1.72. The monoisotopic (exact) mass is 183 g/mol. The van der Waals surface area contributed by atoms with Gasteiger partial charge in [0.25, 0.3) is 0 Å². The van der Waals surface area contributed by atoms with E-state index in [2.05, 4.69) is 5.32 Å². The SMILES string of the molecule is C[C@@H]1CNC[C@](C)(C(F)(F)F)O1. The van der Waals surface area contributed by atoms with E-state index in [4.69, 9.17) is 4.74 Å². The zero-order chi connectivity index (χ0) is 9.41. The summed E-state index contributed by atoms with van der Waals surface area (Å²) in [7, 11) is 0. The van der Waals surface area contributed by atoms with Crippen molar-refractivity contribution in [1.82, 2.24) is 5.32 Å². The maximum Gasteiger partial charge on any atom is 0.418 e. The summed E-state index contributed by atoms with van der Waals surface area (Å²) in [5.74, 6) is 0. The molecular weight excluding hydrogens is 171 g/mol. The lowest BCUT2D eigenvalue weighted by molar-refractivity contribution is -0.288. The summed E-state index contributed by atoms with van der Waals surface area (Å²) in [6.07, 6.45) is -4.68. The van der Waals surface area contributed by atoms with E-state index >= 15 is 0 Å². The van der Waals surface area contributed by atoms with Crippen molar-refractivity contribution in [2.45, 2.75) is 31.7 Å². The Hall–Kier alpha value is -0.290. The second-order valence-electron chi connectivity index (χ2n) is 3.29. The Morgan fingerprint density at radius 1 is 1.50 bits per heavy atom. The molecule has 1 heterocycles. The van der Waals surface area contributed by atoms with Crippen molar-refractivity contribution >= 4 is 0 Å². The second-order valence-corrected chi connectivity index (χ2v) is 3.29. The van der Waals surface area contributed by atoms with Crippen LogP contribution in [0.15, 0.2) is 0 Å². The molecule has 72 valence electrons. The highest BCUT2D eigenvalue weighted by atomic mass is 19.4. The van der Waals surface area contributed by atoms with Crippen LogP contribution in [0, 0.1) is 0 Å². The van der Waals surface area contributed by atoms with Gasteiger partial charge in [-0.25, -0.2) is 0 Å². The number of nitrogens with one attached hydrogen (secondary N) is 1. The van der Waals surface area contributed by atoms with Crippen LogP contribution in [-0.2, 0) is 4.74 Å². The Labute approximate surface area is 69.1 Å². The summed E-state index contributed by atoms with van der Waals surface area (Å²) in [5, 5.41) is 2.69. The molecule has 0 aromatic heterocycles. The van der Waals surface area contributed by atoms with Gasteiger partial charge in [-0.1, -0.05) is 0 Å². The summed E-state index contributed by atoms with van der Waals surface area (Å²) in [6, 6.07) is 0. The molecule has 0 saturated carbocycles. The van der Waals surface area contributed by atoms with Gasteiger partial charge in [-0.05, 0) is 13.8 Å². The fourth-order valence-corrected chi connectivity index (χ4v) is 1.21. The average Bonchev–Trinajstić information content (AvgIpc) is 1.83. The van der Waals surface area contributed by atoms with Crippen LogP contribution in [0.4, 0.5) is 13.2 Å². The molecule has 0 amide bonds. The van der Waals surface area contributed by atoms with Crippen LogP contribution in [0.3, 0.4) is 0 Å². The van der Waals surface area contributed by atoms with Gasteiger partial charge < -0.3 is 10.1 Å². The first-order chi connectivity index (χ1) is 5.35. The fourth-order valence-electron chi connectivity index (χ4n) is 1.21. The van der Waals surface area contributed by atoms with Crippen molar-refractivity contribution in [2.75, 3.05) is 13.1 Å². The lowest BCUT2D eigenvalue weighted by atomic mass is 10.0. The number of rotatable bonds is 0. The van der Waals surface area contributed by atoms with E-state index in [1.165, 1.54) is 0 Å². The third-order valence-electron chi connectivity index (χ3n) is 1.96.